The molecule has 112 valence electrons. The number of hydrogen-bond acceptors (Lipinski definition) is 3. The van der Waals surface area contributed by atoms with Crippen molar-refractivity contribution < 1.29 is 4.39 Å². The normalized spacial score (nSPS) is 10.7. The third-order valence-corrected chi connectivity index (χ3v) is 4.07. The molecule has 0 saturated carbocycles. The second-order valence-corrected chi connectivity index (χ2v) is 5.69. The predicted molar refractivity (Wildman–Crippen MR) is 88.0 cm³/mol. The van der Waals surface area contributed by atoms with E-state index in [1.807, 2.05) is 13.8 Å². The fourth-order valence-electron chi connectivity index (χ4n) is 2.04. The Morgan fingerprint density at radius 3 is 2.67 bits per heavy atom. The highest BCUT2D eigenvalue weighted by molar-refractivity contribution is 9.10. The zero-order valence-corrected chi connectivity index (χ0v) is 14.1. The molecule has 0 bridgehead atoms. The molecule has 1 N–H and O–H groups in total. The average molecular weight is 352 g/mol. The van der Waals surface area contributed by atoms with Crippen molar-refractivity contribution in [3.05, 3.63) is 39.7 Å². The van der Waals surface area contributed by atoms with Crippen LogP contribution in [0.1, 0.15) is 31.5 Å². The average Bonchev–Trinajstić information content (AvgIpc) is 2.48. The van der Waals surface area contributed by atoms with Crippen LogP contribution in [0, 0.1) is 12.7 Å². The minimum atomic E-state index is -0.275. The van der Waals surface area contributed by atoms with E-state index in [0.717, 1.165) is 46.5 Å². The summed E-state index contributed by atoms with van der Waals surface area (Å²) in [6, 6.07) is 4.69. The fraction of sp³-hybridized carbons (Fsp3) is 0.375. The van der Waals surface area contributed by atoms with Gasteiger partial charge in [-0.1, -0.05) is 19.9 Å². The molecule has 21 heavy (non-hydrogen) atoms. The van der Waals surface area contributed by atoms with Gasteiger partial charge in [-0.3, -0.25) is 0 Å². The number of benzene rings is 1. The Balaban J connectivity index is 2.55. The Morgan fingerprint density at radius 2 is 2.00 bits per heavy atom. The van der Waals surface area contributed by atoms with Crippen LogP contribution in [-0.2, 0) is 6.42 Å². The lowest BCUT2D eigenvalue weighted by molar-refractivity contribution is 0.627. The second kappa shape index (κ2) is 6.98. The Morgan fingerprint density at radius 1 is 1.24 bits per heavy atom. The first-order valence-electron chi connectivity index (χ1n) is 7.13. The minimum absolute atomic E-state index is 0.275. The van der Waals surface area contributed by atoms with E-state index in [9.17, 15) is 4.39 Å². The van der Waals surface area contributed by atoms with Gasteiger partial charge in [-0.15, -0.1) is 0 Å². The number of nitrogens with one attached hydrogen (secondary N) is 1. The summed E-state index contributed by atoms with van der Waals surface area (Å²) in [7, 11) is 0. The van der Waals surface area contributed by atoms with Gasteiger partial charge in [-0.25, -0.2) is 14.4 Å². The maximum absolute atomic E-state index is 13.5. The first-order valence-corrected chi connectivity index (χ1v) is 7.92. The van der Waals surface area contributed by atoms with Crippen LogP contribution in [0.3, 0.4) is 0 Å². The third kappa shape index (κ3) is 3.59. The number of aryl methyl sites for hydroxylation is 2. The zero-order valence-electron chi connectivity index (χ0n) is 12.5. The van der Waals surface area contributed by atoms with E-state index >= 15 is 0 Å². The zero-order chi connectivity index (χ0) is 15.4. The molecule has 1 aromatic carbocycles. The molecule has 0 amide bonds. The van der Waals surface area contributed by atoms with Crippen LogP contribution < -0.4 is 5.32 Å². The van der Waals surface area contributed by atoms with Crippen LogP contribution in [0.2, 0.25) is 0 Å². The minimum Gasteiger partial charge on any atom is -0.369 e. The van der Waals surface area contributed by atoms with Gasteiger partial charge in [0.25, 0.3) is 0 Å². The highest BCUT2D eigenvalue weighted by Crippen LogP contribution is 2.29. The molecule has 5 heteroatoms. The molecule has 0 aliphatic heterocycles. The molecule has 2 rings (SSSR count). The summed E-state index contributed by atoms with van der Waals surface area (Å²) in [4.78, 5) is 9.12. The molecule has 1 heterocycles. The van der Waals surface area contributed by atoms with Gasteiger partial charge in [0.1, 0.15) is 11.6 Å². The maximum atomic E-state index is 13.5. The second-order valence-electron chi connectivity index (χ2n) is 4.90. The third-order valence-electron chi connectivity index (χ3n) is 3.24. The molecular weight excluding hydrogens is 333 g/mol. The topological polar surface area (TPSA) is 37.8 Å². The Labute approximate surface area is 133 Å². The van der Waals surface area contributed by atoms with Gasteiger partial charge in [-0.2, -0.15) is 0 Å². The van der Waals surface area contributed by atoms with E-state index < -0.39 is 0 Å². The highest BCUT2D eigenvalue weighted by atomic mass is 79.9. The monoisotopic (exact) mass is 351 g/mol. The molecule has 0 fully saturated rings. The van der Waals surface area contributed by atoms with Crippen molar-refractivity contribution in [1.82, 2.24) is 9.97 Å². The molecule has 0 radical (unpaired) electrons. The number of halogens is 2. The van der Waals surface area contributed by atoms with Gasteiger partial charge in [0, 0.05) is 12.1 Å². The Kier molecular flexibility index (Phi) is 5.28. The summed E-state index contributed by atoms with van der Waals surface area (Å²) in [5.41, 5.74) is 2.61. The van der Waals surface area contributed by atoms with Crippen molar-refractivity contribution in [3.63, 3.8) is 0 Å². The van der Waals surface area contributed by atoms with Crippen molar-refractivity contribution >= 4 is 21.7 Å². The van der Waals surface area contributed by atoms with Gasteiger partial charge in [0.05, 0.1) is 10.2 Å². The van der Waals surface area contributed by atoms with Crippen molar-refractivity contribution in [2.75, 3.05) is 11.9 Å². The molecule has 0 aliphatic carbocycles. The molecule has 1 aromatic heterocycles. The summed E-state index contributed by atoms with van der Waals surface area (Å²) in [6.45, 7) is 6.91. The smallest absolute Gasteiger partial charge is 0.162 e. The van der Waals surface area contributed by atoms with Gasteiger partial charge in [0.2, 0.25) is 0 Å². The van der Waals surface area contributed by atoms with E-state index in [4.69, 9.17) is 0 Å². The van der Waals surface area contributed by atoms with Crippen molar-refractivity contribution in [3.8, 4) is 11.4 Å². The molecule has 0 saturated heterocycles. The van der Waals surface area contributed by atoms with Crippen LogP contribution in [0.25, 0.3) is 11.4 Å². The summed E-state index contributed by atoms with van der Waals surface area (Å²) < 4.78 is 14.4. The summed E-state index contributed by atoms with van der Waals surface area (Å²) >= 11 is 3.55. The number of anilines is 1. The van der Waals surface area contributed by atoms with E-state index in [1.54, 1.807) is 6.07 Å². The lowest BCUT2D eigenvalue weighted by Gasteiger charge is -2.13. The predicted octanol–water partition coefficient (Wildman–Crippen LogP) is 4.74. The molecule has 0 unspecified atom stereocenters. The van der Waals surface area contributed by atoms with Crippen molar-refractivity contribution in [2.45, 2.75) is 33.6 Å². The van der Waals surface area contributed by atoms with E-state index in [1.165, 1.54) is 12.1 Å². The SMILES string of the molecule is CCCNc1nc(-c2cc(F)ccc2C)nc(CC)c1Br. The van der Waals surface area contributed by atoms with Gasteiger partial charge >= 0.3 is 0 Å². The Hall–Kier alpha value is -1.49. The summed E-state index contributed by atoms with van der Waals surface area (Å²) in [5.74, 6) is 1.05. The van der Waals surface area contributed by atoms with Crippen LogP contribution >= 0.6 is 15.9 Å². The van der Waals surface area contributed by atoms with Gasteiger partial charge in [-0.05, 0) is 53.4 Å². The number of hydrogen-bond donors (Lipinski definition) is 1. The molecule has 2 aromatic rings. The van der Waals surface area contributed by atoms with Gasteiger partial charge < -0.3 is 5.32 Å². The lowest BCUT2D eigenvalue weighted by Crippen LogP contribution is -2.07. The molecular formula is C16H19BrFN3. The molecule has 0 aliphatic rings. The quantitative estimate of drug-likeness (QED) is 0.845. The Bertz CT molecular complexity index is 644. The van der Waals surface area contributed by atoms with E-state index in [2.05, 4.69) is 38.1 Å². The molecule has 0 spiro atoms. The summed E-state index contributed by atoms with van der Waals surface area (Å²) in [6.07, 6.45) is 1.79. The van der Waals surface area contributed by atoms with Crippen molar-refractivity contribution in [2.24, 2.45) is 0 Å². The standard InChI is InChI=1S/C16H19BrFN3/c1-4-8-19-16-14(17)13(5-2)20-15(21-16)12-9-11(18)7-6-10(12)3/h6-7,9H,4-5,8H2,1-3H3,(H,19,20,21). The van der Waals surface area contributed by atoms with Crippen LogP contribution in [0.5, 0.6) is 0 Å². The van der Waals surface area contributed by atoms with Gasteiger partial charge in [0.15, 0.2) is 5.82 Å². The fourth-order valence-corrected chi connectivity index (χ4v) is 2.64. The van der Waals surface area contributed by atoms with Crippen LogP contribution in [0.4, 0.5) is 10.2 Å². The summed E-state index contributed by atoms with van der Waals surface area (Å²) in [5, 5.41) is 3.29. The highest BCUT2D eigenvalue weighted by Gasteiger charge is 2.14. The van der Waals surface area contributed by atoms with E-state index in [-0.39, 0.29) is 5.82 Å². The first kappa shape index (κ1) is 15.9. The molecule has 0 atom stereocenters. The number of rotatable bonds is 5. The van der Waals surface area contributed by atoms with E-state index in [0.29, 0.717) is 5.82 Å². The lowest BCUT2D eigenvalue weighted by atomic mass is 10.1. The molecule has 3 nitrogen and oxygen atoms in total. The number of aromatic nitrogens is 2. The first-order chi connectivity index (χ1) is 10.1. The maximum Gasteiger partial charge on any atom is 0.162 e. The van der Waals surface area contributed by atoms with Crippen molar-refractivity contribution in [1.29, 1.82) is 0 Å². The number of nitrogens with zero attached hydrogens (tertiary/aromatic N) is 2. The van der Waals surface area contributed by atoms with Crippen LogP contribution in [0.15, 0.2) is 22.7 Å². The largest absolute Gasteiger partial charge is 0.369 e. The van der Waals surface area contributed by atoms with Crippen LogP contribution in [-0.4, -0.2) is 16.5 Å².